The Hall–Kier alpha value is -0.820. The Labute approximate surface area is 92.1 Å². The molecule has 1 heteroatoms. The largest absolute Gasteiger partial charge is 0.392 e. The third-order valence-electron chi connectivity index (χ3n) is 3.40. The zero-order chi connectivity index (χ0) is 10.7. The highest BCUT2D eigenvalue weighted by atomic mass is 16.3. The first-order valence-corrected chi connectivity index (χ1v) is 6.08. The highest BCUT2D eigenvalue weighted by Crippen LogP contribution is 2.34. The van der Waals surface area contributed by atoms with E-state index in [-0.39, 0.29) is 6.10 Å². The van der Waals surface area contributed by atoms with Gasteiger partial charge in [-0.2, -0.15) is 0 Å². The van der Waals surface area contributed by atoms with Gasteiger partial charge in [0.05, 0.1) is 6.10 Å². The first-order valence-electron chi connectivity index (χ1n) is 6.08. The van der Waals surface area contributed by atoms with Crippen LogP contribution in [0.2, 0.25) is 0 Å². The highest BCUT2D eigenvalue weighted by Gasteiger charge is 2.26. The van der Waals surface area contributed by atoms with Gasteiger partial charge in [-0.15, -0.1) is 0 Å². The Morgan fingerprint density at radius 1 is 1.33 bits per heavy atom. The molecule has 1 aromatic carbocycles. The summed E-state index contributed by atoms with van der Waals surface area (Å²) in [5, 5.41) is 9.86. The molecule has 2 unspecified atom stereocenters. The number of hydrogen-bond acceptors (Lipinski definition) is 1. The zero-order valence-corrected chi connectivity index (χ0v) is 9.45. The van der Waals surface area contributed by atoms with Crippen LogP contribution in [0.25, 0.3) is 0 Å². The van der Waals surface area contributed by atoms with Crippen molar-refractivity contribution in [3.63, 3.8) is 0 Å². The van der Waals surface area contributed by atoms with Crippen LogP contribution in [0.4, 0.5) is 0 Å². The van der Waals surface area contributed by atoms with Crippen LogP contribution in [0.1, 0.15) is 49.7 Å². The second-order valence-electron chi connectivity index (χ2n) is 4.60. The Kier molecular flexibility index (Phi) is 3.42. The smallest absolute Gasteiger partial charge is 0.0608 e. The SMILES string of the molecule is CCCc1cccc(C2CCCC2O)c1. The van der Waals surface area contributed by atoms with Crippen molar-refractivity contribution >= 4 is 0 Å². The summed E-state index contributed by atoms with van der Waals surface area (Å²) in [6, 6.07) is 8.76. The summed E-state index contributed by atoms with van der Waals surface area (Å²) in [5.41, 5.74) is 2.75. The molecule has 1 fully saturated rings. The first kappa shape index (κ1) is 10.7. The lowest BCUT2D eigenvalue weighted by Gasteiger charge is -2.15. The van der Waals surface area contributed by atoms with E-state index >= 15 is 0 Å². The molecule has 1 N–H and O–H groups in total. The lowest BCUT2D eigenvalue weighted by Crippen LogP contribution is -2.11. The average molecular weight is 204 g/mol. The molecule has 2 atom stereocenters. The quantitative estimate of drug-likeness (QED) is 0.801. The van der Waals surface area contributed by atoms with Gasteiger partial charge in [0.15, 0.2) is 0 Å². The number of benzene rings is 1. The zero-order valence-electron chi connectivity index (χ0n) is 9.45. The van der Waals surface area contributed by atoms with Gasteiger partial charge in [0, 0.05) is 5.92 Å². The standard InChI is InChI=1S/C14H20O/c1-2-5-11-6-3-7-12(10-11)13-8-4-9-14(13)15/h3,6-7,10,13-15H,2,4-5,8-9H2,1H3. The van der Waals surface area contributed by atoms with E-state index in [0.29, 0.717) is 5.92 Å². The van der Waals surface area contributed by atoms with Gasteiger partial charge in [-0.25, -0.2) is 0 Å². The van der Waals surface area contributed by atoms with Gasteiger partial charge in [0.2, 0.25) is 0 Å². The van der Waals surface area contributed by atoms with Gasteiger partial charge in [0.1, 0.15) is 0 Å². The fourth-order valence-electron chi connectivity index (χ4n) is 2.60. The molecule has 1 saturated carbocycles. The highest BCUT2D eigenvalue weighted by molar-refractivity contribution is 5.28. The molecule has 1 nitrogen and oxygen atoms in total. The summed E-state index contributed by atoms with van der Waals surface area (Å²) in [4.78, 5) is 0. The topological polar surface area (TPSA) is 20.2 Å². The van der Waals surface area contributed by atoms with Crippen LogP contribution in [0.15, 0.2) is 24.3 Å². The lowest BCUT2D eigenvalue weighted by atomic mass is 9.93. The normalized spacial score (nSPS) is 25.7. The van der Waals surface area contributed by atoms with E-state index in [2.05, 4.69) is 31.2 Å². The summed E-state index contributed by atoms with van der Waals surface area (Å²) in [6.07, 6.45) is 5.53. The molecular weight excluding hydrogens is 184 g/mol. The van der Waals surface area contributed by atoms with Crippen molar-refractivity contribution in [3.8, 4) is 0 Å². The fourth-order valence-corrected chi connectivity index (χ4v) is 2.60. The van der Waals surface area contributed by atoms with Crippen molar-refractivity contribution in [1.29, 1.82) is 0 Å². The molecule has 1 aromatic rings. The number of aliphatic hydroxyl groups excluding tert-OH is 1. The molecule has 82 valence electrons. The third-order valence-corrected chi connectivity index (χ3v) is 3.40. The molecule has 0 bridgehead atoms. The number of aliphatic hydroxyl groups is 1. The maximum Gasteiger partial charge on any atom is 0.0608 e. The molecule has 1 aliphatic rings. The predicted molar refractivity (Wildman–Crippen MR) is 63.0 cm³/mol. The van der Waals surface area contributed by atoms with E-state index in [1.54, 1.807) is 0 Å². The molecular formula is C14H20O. The summed E-state index contributed by atoms with van der Waals surface area (Å²) in [7, 11) is 0. The van der Waals surface area contributed by atoms with Crippen LogP contribution < -0.4 is 0 Å². The van der Waals surface area contributed by atoms with Crippen molar-refractivity contribution in [3.05, 3.63) is 35.4 Å². The molecule has 1 aliphatic carbocycles. The molecule has 15 heavy (non-hydrogen) atoms. The Morgan fingerprint density at radius 2 is 2.20 bits per heavy atom. The van der Waals surface area contributed by atoms with Crippen molar-refractivity contribution in [2.75, 3.05) is 0 Å². The van der Waals surface area contributed by atoms with Gasteiger partial charge in [-0.1, -0.05) is 44.0 Å². The predicted octanol–water partition coefficient (Wildman–Crippen LogP) is 3.27. The van der Waals surface area contributed by atoms with E-state index in [9.17, 15) is 5.11 Å². The molecule has 0 saturated heterocycles. The minimum atomic E-state index is -0.109. The molecule has 0 heterocycles. The fraction of sp³-hybridized carbons (Fsp3) is 0.571. The lowest BCUT2D eigenvalue weighted by molar-refractivity contribution is 0.164. The Bertz CT molecular complexity index is 319. The molecule has 0 amide bonds. The Morgan fingerprint density at radius 3 is 2.87 bits per heavy atom. The first-order chi connectivity index (χ1) is 7.31. The van der Waals surface area contributed by atoms with Gasteiger partial charge in [-0.05, 0) is 30.4 Å². The van der Waals surface area contributed by atoms with Crippen LogP contribution >= 0.6 is 0 Å². The second kappa shape index (κ2) is 4.80. The van der Waals surface area contributed by atoms with Crippen LogP contribution in [-0.4, -0.2) is 11.2 Å². The minimum Gasteiger partial charge on any atom is -0.392 e. The summed E-state index contributed by atoms with van der Waals surface area (Å²) < 4.78 is 0. The average Bonchev–Trinajstić information content (AvgIpc) is 2.65. The van der Waals surface area contributed by atoms with Crippen LogP contribution in [0.3, 0.4) is 0 Å². The molecule has 0 aliphatic heterocycles. The minimum absolute atomic E-state index is 0.109. The van der Waals surface area contributed by atoms with Gasteiger partial charge < -0.3 is 5.11 Å². The number of aryl methyl sites for hydroxylation is 1. The van der Waals surface area contributed by atoms with Crippen LogP contribution in [0.5, 0.6) is 0 Å². The molecule has 2 rings (SSSR count). The number of rotatable bonds is 3. The van der Waals surface area contributed by atoms with Crippen molar-refractivity contribution in [1.82, 2.24) is 0 Å². The summed E-state index contributed by atoms with van der Waals surface area (Å²) >= 11 is 0. The van der Waals surface area contributed by atoms with E-state index in [1.807, 2.05) is 0 Å². The number of hydrogen-bond donors (Lipinski definition) is 1. The van der Waals surface area contributed by atoms with Crippen molar-refractivity contribution in [2.24, 2.45) is 0 Å². The van der Waals surface area contributed by atoms with Gasteiger partial charge in [-0.3, -0.25) is 0 Å². The van der Waals surface area contributed by atoms with Crippen LogP contribution in [-0.2, 0) is 6.42 Å². The Balaban J connectivity index is 2.16. The molecule has 0 radical (unpaired) electrons. The maximum absolute atomic E-state index is 9.86. The summed E-state index contributed by atoms with van der Waals surface area (Å²) in [5.74, 6) is 0.391. The van der Waals surface area contributed by atoms with Crippen LogP contribution in [0, 0.1) is 0 Å². The van der Waals surface area contributed by atoms with Crippen molar-refractivity contribution in [2.45, 2.75) is 51.0 Å². The maximum atomic E-state index is 9.86. The van der Waals surface area contributed by atoms with Gasteiger partial charge >= 0.3 is 0 Å². The molecule has 0 spiro atoms. The van der Waals surface area contributed by atoms with E-state index in [1.165, 1.54) is 24.0 Å². The van der Waals surface area contributed by atoms with E-state index in [0.717, 1.165) is 19.3 Å². The second-order valence-corrected chi connectivity index (χ2v) is 4.60. The monoisotopic (exact) mass is 204 g/mol. The van der Waals surface area contributed by atoms with E-state index < -0.39 is 0 Å². The molecule has 0 aromatic heterocycles. The summed E-state index contributed by atoms with van der Waals surface area (Å²) in [6.45, 7) is 2.21. The third kappa shape index (κ3) is 2.40. The van der Waals surface area contributed by atoms with Crippen molar-refractivity contribution < 1.29 is 5.11 Å². The van der Waals surface area contributed by atoms with E-state index in [4.69, 9.17) is 0 Å². The van der Waals surface area contributed by atoms with Gasteiger partial charge in [0.25, 0.3) is 0 Å².